The number of rotatable bonds is 7. The maximum atomic E-state index is 12.8. The predicted molar refractivity (Wildman–Crippen MR) is 122 cm³/mol. The zero-order chi connectivity index (χ0) is 21.8. The highest BCUT2D eigenvalue weighted by atomic mass is 32.2. The molecule has 1 amide bonds. The monoisotopic (exact) mass is 456 g/mol. The van der Waals surface area contributed by atoms with E-state index in [4.69, 9.17) is 4.74 Å². The summed E-state index contributed by atoms with van der Waals surface area (Å²) in [6.07, 6.45) is 3.95. The highest BCUT2D eigenvalue weighted by Crippen LogP contribution is 2.38. The number of aromatic nitrogens is 3. The first kappa shape index (κ1) is 21.6. The van der Waals surface area contributed by atoms with Crippen molar-refractivity contribution >= 4 is 40.0 Å². The molecule has 9 heteroatoms. The van der Waals surface area contributed by atoms with Crippen molar-refractivity contribution in [1.29, 1.82) is 0 Å². The molecule has 7 nitrogen and oxygen atoms in total. The molecule has 162 valence electrons. The number of hydrogen-bond donors (Lipinski definition) is 1. The van der Waals surface area contributed by atoms with Crippen LogP contribution in [-0.4, -0.2) is 39.0 Å². The van der Waals surface area contributed by atoms with Crippen LogP contribution in [0.15, 0.2) is 35.5 Å². The van der Waals surface area contributed by atoms with E-state index in [-0.39, 0.29) is 17.6 Å². The Kier molecular flexibility index (Phi) is 6.72. The molecular formula is C22H24N4O3S2. The van der Waals surface area contributed by atoms with Crippen molar-refractivity contribution in [3.63, 3.8) is 0 Å². The van der Waals surface area contributed by atoms with Crippen LogP contribution in [-0.2, 0) is 22.4 Å². The molecule has 31 heavy (non-hydrogen) atoms. The van der Waals surface area contributed by atoms with Gasteiger partial charge in [-0.25, -0.2) is 4.79 Å². The first-order valence-corrected chi connectivity index (χ1v) is 12.1. The summed E-state index contributed by atoms with van der Waals surface area (Å²) in [5.74, 6) is 0.374. The highest BCUT2D eigenvalue weighted by Gasteiger charge is 2.27. The quantitative estimate of drug-likeness (QED) is 0.418. The summed E-state index contributed by atoms with van der Waals surface area (Å²) < 4.78 is 7.18. The number of para-hydroxylation sites is 1. The number of amides is 1. The molecule has 0 spiro atoms. The van der Waals surface area contributed by atoms with E-state index in [1.165, 1.54) is 28.0 Å². The zero-order valence-corrected chi connectivity index (χ0v) is 19.1. The molecule has 0 bridgehead atoms. The largest absolute Gasteiger partial charge is 0.462 e. The average Bonchev–Trinajstić information content (AvgIpc) is 3.32. The Bertz CT molecular complexity index is 1090. The van der Waals surface area contributed by atoms with E-state index >= 15 is 0 Å². The third-order valence-electron chi connectivity index (χ3n) is 5.05. The van der Waals surface area contributed by atoms with Crippen LogP contribution in [0.2, 0.25) is 0 Å². The molecule has 0 saturated carbocycles. The summed E-state index contributed by atoms with van der Waals surface area (Å²) in [5.41, 5.74) is 2.52. The lowest BCUT2D eigenvalue weighted by atomic mass is 9.95. The van der Waals surface area contributed by atoms with E-state index in [1.807, 2.05) is 41.8 Å². The van der Waals surface area contributed by atoms with Crippen LogP contribution in [0.5, 0.6) is 0 Å². The van der Waals surface area contributed by atoms with Gasteiger partial charge in [0.05, 0.1) is 17.9 Å². The van der Waals surface area contributed by atoms with Gasteiger partial charge in [-0.05, 0) is 57.2 Å². The fourth-order valence-corrected chi connectivity index (χ4v) is 5.77. The minimum Gasteiger partial charge on any atom is -0.462 e. The Balaban J connectivity index is 1.49. The van der Waals surface area contributed by atoms with Crippen molar-refractivity contribution < 1.29 is 14.3 Å². The number of thiophene rings is 1. The van der Waals surface area contributed by atoms with Gasteiger partial charge in [0, 0.05) is 10.6 Å². The molecular weight excluding hydrogens is 432 g/mol. The minimum absolute atomic E-state index is 0.162. The third-order valence-corrected chi connectivity index (χ3v) is 7.18. The van der Waals surface area contributed by atoms with Crippen LogP contribution >= 0.6 is 23.1 Å². The van der Waals surface area contributed by atoms with Crippen molar-refractivity contribution in [2.75, 3.05) is 17.7 Å². The number of anilines is 1. The molecule has 1 N–H and O–H groups in total. The molecule has 0 unspecified atom stereocenters. The summed E-state index contributed by atoms with van der Waals surface area (Å²) in [6.45, 7) is 3.98. The molecule has 1 aliphatic rings. The normalized spacial score (nSPS) is 13.0. The van der Waals surface area contributed by atoms with E-state index < -0.39 is 0 Å². The second-order valence-corrected chi connectivity index (χ2v) is 9.22. The van der Waals surface area contributed by atoms with Gasteiger partial charge in [-0.3, -0.25) is 9.36 Å². The molecule has 0 aliphatic heterocycles. The van der Waals surface area contributed by atoms with Crippen LogP contribution in [0.25, 0.3) is 5.69 Å². The van der Waals surface area contributed by atoms with Crippen LogP contribution in [0.4, 0.5) is 5.00 Å². The number of benzene rings is 1. The number of aryl methyl sites for hydroxylation is 2. The van der Waals surface area contributed by atoms with E-state index in [0.29, 0.717) is 22.3 Å². The van der Waals surface area contributed by atoms with Gasteiger partial charge in [0.1, 0.15) is 10.8 Å². The molecule has 3 aromatic rings. The van der Waals surface area contributed by atoms with Crippen molar-refractivity contribution in [3.8, 4) is 5.69 Å². The van der Waals surface area contributed by atoms with Gasteiger partial charge in [-0.15, -0.1) is 21.5 Å². The molecule has 0 fully saturated rings. The second-order valence-electron chi connectivity index (χ2n) is 7.17. The first-order chi connectivity index (χ1) is 15.1. The maximum absolute atomic E-state index is 12.8. The summed E-state index contributed by atoms with van der Waals surface area (Å²) in [6, 6.07) is 9.80. The second kappa shape index (κ2) is 9.65. The predicted octanol–water partition coefficient (Wildman–Crippen LogP) is 4.42. The molecule has 0 atom stereocenters. The number of thioether (sulfide) groups is 1. The number of ether oxygens (including phenoxy) is 1. The standard InChI is InChI=1S/C22H24N4O3S2/c1-3-29-21(28)19-16-11-7-8-12-17(16)31-20(19)23-18(27)13-30-22-25-24-14(2)26(22)15-9-5-4-6-10-15/h4-6,9-10H,3,7-8,11-13H2,1-2H3,(H,23,27). The summed E-state index contributed by atoms with van der Waals surface area (Å²) >= 11 is 2.81. The Labute approximate surface area is 189 Å². The molecule has 0 saturated heterocycles. The molecule has 4 rings (SSSR count). The minimum atomic E-state index is -0.357. The maximum Gasteiger partial charge on any atom is 0.341 e. The van der Waals surface area contributed by atoms with E-state index in [9.17, 15) is 9.59 Å². The first-order valence-electron chi connectivity index (χ1n) is 10.3. The highest BCUT2D eigenvalue weighted by molar-refractivity contribution is 7.99. The lowest BCUT2D eigenvalue weighted by Gasteiger charge is -2.12. The lowest BCUT2D eigenvalue weighted by molar-refractivity contribution is -0.113. The summed E-state index contributed by atoms with van der Waals surface area (Å²) in [7, 11) is 0. The van der Waals surface area contributed by atoms with Crippen LogP contribution < -0.4 is 5.32 Å². The third kappa shape index (κ3) is 4.67. The van der Waals surface area contributed by atoms with Gasteiger partial charge in [-0.2, -0.15) is 0 Å². The average molecular weight is 457 g/mol. The topological polar surface area (TPSA) is 86.1 Å². The van der Waals surface area contributed by atoms with Gasteiger partial charge in [0.15, 0.2) is 5.16 Å². The van der Waals surface area contributed by atoms with Gasteiger partial charge in [-0.1, -0.05) is 30.0 Å². The van der Waals surface area contributed by atoms with Gasteiger partial charge < -0.3 is 10.1 Å². The molecule has 1 aliphatic carbocycles. The van der Waals surface area contributed by atoms with Gasteiger partial charge >= 0.3 is 5.97 Å². The van der Waals surface area contributed by atoms with E-state index in [1.54, 1.807) is 6.92 Å². The van der Waals surface area contributed by atoms with Crippen LogP contribution in [0.3, 0.4) is 0 Å². The number of nitrogens with one attached hydrogen (secondary N) is 1. The summed E-state index contributed by atoms with van der Waals surface area (Å²) in [4.78, 5) is 26.5. The van der Waals surface area contributed by atoms with E-state index in [2.05, 4.69) is 15.5 Å². The zero-order valence-electron chi connectivity index (χ0n) is 17.5. The van der Waals surface area contributed by atoms with Crippen molar-refractivity contribution in [3.05, 3.63) is 52.2 Å². The van der Waals surface area contributed by atoms with Crippen molar-refractivity contribution in [2.24, 2.45) is 0 Å². The van der Waals surface area contributed by atoms with E-state index in [0.717, 1.165) is 42.8 Å². The number of esters is 1. The lowest BCUT2D eigenvalue weighted by Crippen LogP contribution is -2.17. The fourth-order valence-electron chi connectivity index (χ4n) is 3.68. The number of carbonyl (C=O) groups excluding carboxylic acids is 2. The SMILES string of the molecule is CCOC(=O)c1c(NC(=O)CSc2nnc(C)n2-c2ccccc2)sc2c1CCCC2. The number of carbonyl (C=O) groups is 2. The Morgan fingerprint density at radius 1 is 1.19 bits per heavy atom. The Morgan fingerprint density at radius 3 is 2.74 bits per heavy atom. The van der Waals surface area contributed by atoms with Crippen LogP contribution in [0, 0.1) is 6.92 Å². The Hall–Kier alpha value is -2.65. The number of hydrogen-bond acceptors (Lipinski definition) is 7. The molecule has 2 aromatic heterocycles. The van der Waals surface area contributed by atoms with Crippen molar-refractivity contribution in [2.45, 2.75) is 44.7 Å². The molecule has 1 aromatic carbocycles. The Morgan fingerprint density at radius 2 is 1.97 bits per heavy atom. The van der Waals surface area contributed by atoms with Gasteiger partial charge in [0.25, 0.3) is 0 Å². The number of fused-ring (bicyclic) bond motifs is 1. The molecule has 0 radical (unpaired) electrons. The smallest absolute Gasteiger partial charge is 0.341 e. The summed E-state index contributed by atoms with van der Waals surface area (Å²) in [5, 5.41) is 12.6. The van der Waals surface area contributed by atoms with Gasteiger partial charge in [0.2, 0.25) is 5.91 Å². The fraction of sp³-hybridized carbons (Fsp3) is 0.364. The molecule has 2 heterocycles. The van der Waals surface area contributed by atoms with Crippen LogP contribution in [0.1, 0.15) is 46.4 Å². The number of nitrogens with zero attached hydrogens (tertiary/aromatic N) is 3. The van der Waals surface area contributed by atoms with Crippen molar-refractivity contribution in [1.82, 2.24) is 14.8 Å².